The Morgan fingerprint density at radius 2 is 1.79 bits per heavy atom. The molecule has 0 N–H and O–H groups in total. The molecule has 2 aromatic carbocycles. The normalized spacial score (nSPS) is 11.0. The Bertz CT molecular complexity index is 862. The first-order chi connectivity index (χ1) is 11.6. The molecule has 1 aromatic heterocycles. The fourth-order valence-electron chi connectivity index (χ4n) is 2.83. The van der Waals surface area contributed by atoms with Crippen LogP contribution in [0.2, 0.25) is 5.02 Å². The lowest BCUT2D eigenvalue weighted by molar-refractivity contribution is 0.0491. The summed E-state index contributed by atoms with van der Waals surface area (Å²) in [6.07, 6.45) is 1.71. The fourth-order valence-corrected chi connectivity index (χ4v) is 2.96. The van der Waals surface area contributed by atoms with E-state index < -0.39 is 5.97 Å². The number of aryl methyl sites for hydroxylation is 1. The molecule has 124 valence electrons. The monoisotopic (exact) mass is 342 g/mol. The van der Waals surface area contributed by atoms with Crippen molar-refractivity contribution in [3.05, 3.63) is 58.8 Å². The topological polar surface area (TPSA) is 39.4 Å². The van der Waals surface area contributed by atoms with Crippen LogP contribution in [0.15, 0.2) is 46.9 Å². The van der Waals surface area contributed by atoms with Crippen LogP contribution in [-0.2, 0) is 11.2 Å². The van der Waals surface area contributed by atoms with E-state index in [9.17, 15) is 4.79 Å². The maximum Gasteiger partial charge on any atom is 0.374 e. The van der Waals surface area contributed by atoms with Crippen molar-refractivity contribution in [2.75, 3.05) is 6.61 Å². The summed E-state index contributed by atoms with van der Waals surface area (Å²) in [6.45, 7) is 4.20. The number of benzene rings is 2. The Labute approximate surface area is 146 Å². The molecule has 1 heterocycles. The molecule has 4 heteroatoms. The van der Waals surface area contributed by atoms with E-state index >= 15 is 0 Å². The second-order valence-corrected chi connectivity index (χ2v) is 6.03. The van der Waals surface area contributed by atoms with E-state index in [1.807, 2.05) is 42.5 Å². The van der Waals surface area contributed by atoms with Gasteiger partial charge in [-0.1, -0.05) is 49.2 Å². The highest BCUT2D eigenvalue weighted by molar-refractivity contribution is 6.30. The number of carbonyl (C=O) groups excluding carboxylic acids is 1. The molecule has 0 amide bonds. The molecule has 0 aliphatic heterocycles. The minimum absolute atomic E-state index is 0.321. The summed E-state index contributed by atoms with van der Waals surface area (Å²) in [6, 6.07) is 13.6. The number of rotatable bonds is 5. The first-order valence-corrected chi connectivity index (χ1v) is 8.50. The van der Waals surface area contributed by atoms with Crippen molar-refractivity contribution >= 4 is 28.5 Å². The Morgan fingerprint density at radius 3 is 2.46 bits per heavy atom. The third kappa shape index (κ3) is 3.17. The van der Waals surface area contributed by atoms with Crippen LogP contribution in [0.25, 0.3) is 22.1 Å². The molecule has 0 saturated heterocycles. The molecule has 0 radical (unpaired) electrons. The van der Waals surface area contributed by atoms with E-state index in [0.717, 1.165) is 34.9 Å². The predicted octanol–water partition coefficient (Wildman–Crippen LogP) is 5.88. The lowest BCUT2D eigenvalue weighted by Gasteiger charge is -2.02. The fraction of sp³-hybridized carbons (Fsp3) is 0.250. The molecule has 3 rings (SSSR count). The highest BCUT2D eigenvalue weighted by atomic mass is 35.5. The molecule has 3 nitrogen and oxygen atoms in total. The van der Waals surface area contributed by atoms with Gasteiger partial charge in [0.05, 0.1) is 6.61 Å². The number of hydrogen-bond acceptors (Lipinski definition) is 3. The maximum absolute atomic E-state index is 12.2. The van der Waals surface area contributed by atoms with E-state index in [1.54, 1.807) is 6.92 Å². The van der Waals surface area contributed by atoms with E-state index in [1.165, 1.54) is 0 Å². The van der Waals surface area contributed by atoms with Crippen molar-refractivity contribution in [1.29, 1.82) is 0 Å². The average molecular weight is 343 g/mol. The van der Waals surface area contributed by atoms with Crippen LogP contribution < -0.4 is 0 Å². The average Bonchev–Trinajstić information content (AvgIpc) is 2.94. The van der Waals surface area contributed by atoms with Crippen molar-refractivity contribution < 1.29 is 13.9 Å². The summed E-state index contributed by atoms with van der Waals surface area (Å²) in [4.78, 5) is 12.2. The number of fused-ring (bicyclic) bond motifs is 1. The van der Waals surface area contributed by atoms with Crippen molar-refractivity contribution in [1.82, 2.24) is 0 Å². The Kier molecular flexibility index (Phi) is 4.91. The van der Waals surface area contributed by atoms with Gasteiger partial charge in [0.15, 0.2) is 0 Å². The molecule has 0 unspecified atom stereocenters. The molecule has 0 saturated carbocycles. The number of halogens is 1. The number of esters is 1. The highest BCUT2D eigenvalue weighted by Crippen LogP contribution is 2.32. The van der Waals surface area contributed by atoms with Crippen LogP contribution in [-0.4, -0.2) is 12.6 Å². The van der Waals surface area contributed by atoms with Gasteiger partial charge < -0.3 is 9.15 Å². The molecule has 0 bridgehead atoms. The van der Waals surface area contributed by atoms with Crippen LogP contribution >= 0.6 is 11.6 Å². The third-order valence-corrected chi connectivity index (χ3v) is 4.18. The maximum atomic E-state index is 12.2. The number of ether oxygens (including phenoxy) is 1. The number of hydrogen-bond donors (Lipinski definition) is 0. The Morgan fingerprint density at radius 1 is 1.08 bits per heavy atom. The van der Waals surface area contributed by atoms with E-state index in [-0.39, 0.29) is 0 Å². The molecule has 0 atom stereocenters. The van der Waals surface area contributed by atoms with Crippen molar-refractivity contribution in [3.63, 3.8) is 0 Å². The minimum atomic E-state index is -0.398. The predicted molar refractivity (Wildman–Crippen MR) is 96.6 cm³/mol. The standard InChI is InChI=1S/C20H19ClO3/c1-3-5-17-16-11-8-14(13-6-9-15(21)10-7-13)12-18(16)24-19(17)20(22)23-4-2/h6-12H,3-5H2,1-2H3. The minimum Gasteiger partial charge on any atom is -0.460 e. The second kappa shape index (κ2) is 7.10. The number of furan rings is 1. The molecule has 3 aromatic rings. The lowest BCUT2D eigenvalue weighted by Crippen LogP contribution is -2.06. The molecular weight excluding hydrogens is 324 g/mol. The van der Waals surface area contributed by atoms with Gasteiger partial charge in [0.2, 0.25) is 5.76 Å². The van der Waals surface area contributed by atoms with Gasteiger partial charge in [-0.25, -0.2) is 4.79 Å². The van der Waals surface area contributed by atoms with E-state index in [2.05, 4.69) is 6.92 Å². The van der Waals surface area contributed by atoms with Gasteiger partial charge in [0, 0.05) is 16.0 Å². The molecule has 0 fully saturated rings. The van der Waals surface area contributed by atoms with Gasteiger partial charge in [-0.2, -0.15) is 0 Å². The van der Waals surface area contributed by atoms with Gasteiger partial charge >= 0.3 is 5.97 Å². The third-order valence-electron chi connectivity index (χ3n) is 3.93. The summed E-state index contributed by atoms with van der Waals surface area (Å²) in [5, 5.41) is 1.67. The lowest BCUT2D eigenvalue weighted by atomic mass is 10.0. The summed E-state index contributed by atoms with van der Waals surface area (Å²) < 4.78 is 11.0. The SMILES string of the molecule is CCCc1c(C(=O)OCC)oc2cc(-c3ccc(Cl)cc3)ccc12. The molecule has 24 heavy (non-hydrogen) atoms. The van der Waals surface area contributed by atoms with Gasteiger partial charge in [0.1, 0.15) is 5.58 Å². The summed E-state index contributed by atoms with van der Waals surface area (Å²) in [7, 11) is 0. The van der Waals surface area contributed by atoms with Crippen molar-refractivity contribution in [3.8, 4) is 11.1 Å². The smallest absolute Gasteiger partial charge is 0.374 e. The van der Waals surface area contributed by atoms with Crippen molar-refractivity contribution in [2.24, 2.45) is 0 Å². The zero-order valence-electron chi connectivity index (χ0n) is 13.8. The van der Waals surface area contributed by atoms with Gasteiger partial charge in [-0.05, 0) is 42.7 Å². The molecule has 0 aliphatic carbocycles. The molecule has 0 aliphatic rings. The van der Waals surface area contributed by atoms with Crippen LogP contribution in [0.4, 0.5) is 0 Å². The van der Waals surface area contributed by atoms with Crippen LogP contribution in [0.5, 0.6) is 0 Å². The van der Waals surface area contributed by atoms with Crippen LogP contribution in [0, 0.1) is 0 Å². The number of carbonyl (C=O) groups is 1. The Balaban J connectivity index is 2.09. The van der Waals surface area contributed by atoms with Crippen LogP contribution in [0.1, 0.15) is 36.4 Å². The van der Waals surface area contributed by atoms with Gasteiger partial charge in [-0.15, -0.1) is 0 Å². The second-order valence-electron chi connectivity index (χ2n) is 5.60. The van der Waals surface area contributed by atoms with Crippen LogP contribution in [0.3, 0.4) is 0 Å². The van der Waals surface area contributed by atoms with E-state index in [0.29, 0.717) is 23.0 Å². The first kappa shape index (κ1) is 16.6. The van der Waals surface area contributed by atoms with Gasteiger partial charge in [0.25, 0.3) is 0 Å². The summed E-state index contributed by atoms with van der Waals surface area (Å²) in [5.41, 5.74) is 3.70. The zero-order chi connectivity index (χ0) is 17.1. The highest BCUT2D eigenvalue weighted by Gasteiger charge is 2.21. The summed E-state index contributed by atoms with van der Waals surface area (Å²) in [5.74, 6) is -0.0767. The van der Waals surface area contributed by atoms with Crippen molar-refractivity contribution in [2.45, 2.75) is 26.7 Å². The first-order valence-electron chi connectivity index (χ1n) is 8.12. The molecular formula is C20H19ClO3. The largest absolute Gasteiger partial charge is 0.460 e. The quantitative estimate of drug-likeness (QED) is 0.543. The summed E-state index contributed by atoms with van der Waals surface area (Å²) >= 11 is 5.95. The Hall–Kier alpha value is -2.26. The van der Waals surface area contributed by atoms with Gasteiger partial charge in [-0.3, -0.25) is 0 Å². The zero-order valence-corrected chi connectivity index (χ0v) is 14.5. The molecule has 0 spiro atoms. The van der Waals surface area contributed by atoms with E-state index in [4.69, 9.17) is 20.8 Å².